The van der Waals surface area contributed by atoms with Crippen molar-refractivity contribution in [1.82, 2.24) is 5.32 Å². The van der Waals surface area contributed by atoms with Crippen molar-refractivity contribution in [2.24, 2.45) is 10.7 Å². The van der Waals surface area contributed by atoms with Crippen LogP contribution in [0.2, 0.25) is 0 Å². The highest BCUT2D eigenvalue weighted by molar-refractivity contribution is 14.0. The van der Waals surface area contributed by atoms with Crippen LogP contribution in [0, 0.1) is 0 Å². The SMILES string of the molecule is CCCCCCN=C(N)NCCOCc1ccccc1.I. The lowest BCUT2D eigenvalue weighted by molar-refractivity contribution is 0.125. The molecule has 0 aromatic heterocycles. The number of rotatable bonds is 10. The van der Waals surface area contributed by atoms with Crippen LogP contribution in [0.1, 0.15) is 38.2 Å². The second-order valence-electron chi connectivity index (χ2n) is 4.79. The molecule has 0 amide bonds. The van der Waals surface area contributed by atoms with Gasteiger partial charge in [0.1, 0.15) is 0 Å². The first-order chi connectivity index (χ1) is 9.83. The summed E-state index contributed by atoms with van der Waals surface area (Å²) in [5.41, 5.74) is 6.95. The van der Waals surface area contributed by atoms with Gasteiger partial charge in [-0.05, 0) is 12.0 Å². The number of aliphatic imine (C=N–C) groups is 1. The van der Waals surface area contributed by atoms with Crippen molar-refractivity contribution in [2.75, 3.05) is 19.7 Å². The Bertz CT molecular complexity index is 371. The van der Waals surface area contributed by atoms with E-state index in [0.717, 1.165) is 13.0 Å². The number of hydrogen-bond donors (Lipinski definition) is 2. The maximum Gasteiger partial charge on any atom is 0.188 e. The molecule has 0 radical (unpaired) electrons. The van der Waals surface area contributed by atoms with Gasteiger partial charge in [-0.3, -0.25) is 4.99 Å². The third-order valence-electron chi connectivity index (χ3n) is 2.96. The van der Waals surface area contributed by atoms with Crippen molar-refractivity contribution in [3.8, 4) is 0 Å². The summed E-state index contributed by atoms with van der Waals surface area (Å²) in [4.78, 5) is 4.28. The van der Waals surface area contributed by atoms with E-state index in [1.54, 1.807) is 0 Å². The Morgan fingerprint density at radius 2 is 1.95 bits per heavy atom. The summed E-state index contributed by atoms with van der Waals surface area (Å²) in [7, 11) is 0. The first-order valence-corrected chi connectivity index (χ1v) is 7.48. The molecule has 0 bridgehead atoms. The van der Waals surface area contributed by atoms with Crippen LogP contribution >= 0.6 is 24.0 Å². The number of benzene rings is 1. The molecule has 0 unspecified atom stereocenters. The Morgan fingerprint density at radius 3 is 2.67 bits per heavy atom. The minimum atomic E-state index is 0. The van der Waals surface area contributed by atoms with Crippen molar-refractivity contribution in [1.29, 1.82) is 0 Å². The Hall–Kier alpha value is -0.820. The van der Waals surface area contributed by atoms with Gasteiger partial charge in [0.25, 0.3) is 0 Å². The number of unbranched alkanes of at least 4 members (excludes halogenated alkanes) is 3. The summed E-state index contributed by atoms with van der Waals surface area (Å²) in [5, 5.41) is 3.06. The maximum absolute atomic E-state index is 5.77. The maximum atomic E-state index is 5.77. The summed E-state index contributed by atoms with van der Waals surface area (Å²) >= 11 is 0. The lowest BCUT2D eigenvalue weighted by Crippen LogP contribution is -2.34. The van der Waals surface area contributed by atoms with Crippen molar-refractivity contribution < 1.29 is 4.74 Å². The van der Waals surface area contributed by atoms with E-state index in [0.29, 0.717) is 25.7 Å². The minimum absolute atomic E-state index is 0. The zero-order valence-electron chi connectivity index (χ0n) is 12.9. The smallest absolute Gasteiger partial charge is 0.188 e. The highest BCUT2D eigenvalue weighted by Crippen LogP contribution is 2.00. The number of ether oxygens (including phenoxy) is 1. The molecule has 0 spiro atoms. The van der Waals surface area contributed by atoms with Crippen molar-refractivity contribution in [2.45, 2.75) is 39.2 Å². The molecule has 3 N–H and O–H groups in total. The lowest BCUT2D eigenvalue weighted by Gasteiger charge is -2.07. The van der Waals surface area contributed by atoms with Gasteiger partial charge in [0.15, 0.2) is 5.96 Å². The van der Waals surface area contributed by atoms with Crippen LogP contribution in [0.25, 0.3) is 0 Å². The molecule has 21 heavy (non-hydrogen) atoms. The van der Waals surface area contributed by atoms with E-state index in [1.807, 2.05) is 18.2 Å². The standard InChI is InChI=1S/C16H27N3O.HI/c1-2-3-4-8-11-18-16(17)19-12-13-20-14-15-9-6-5-7-10-15;/h5-7,9-10H,2-4,8,11-14H2,1H3,(H3,17,18,19);1H. The average molecular weight is 405 g/mol. The monoisotopic (exact) mass is 405 g/mol. The Balaban J connectivity index is 0.00000400. The molecule has 0 heterocycles. The van der Waals surface area contributed by atoms with Gasteiger partial charge in [0.2, 0.25) is 0 Å². The van der Waals surface area contributed by atoms with Crippen LogP contribution in [0.15, 0.2) is 35.3 Å². The molecule has 0 saturated heterocycles. The van der Waals surface area contributed by atoms with Crippen LogP contribution in [0.5, 0.6) is 0 Å². The van der Waals surface area contributed by atoms with Gasteiger partial charge >= 0.3 is 0 Å². The lowest BCUT2D eigenvalue weighted by atomic mass is 10.2. The number of nitrogens with zero attached hydrogens (tertiary/aromatic N) is 1. The zero-order valence-corrected chi connectivity index (χ0v) is 15.2. The van der Waals surface area contributed by atoms with Gasteiger partial charge in [-0.1, -0.05) is 56.5 Å². The van der Waals surface area contributed by atoms with E-state index in [4.69, 9.17) is 10.5 Å². The molecular weight excluding hydrogens is 377 g/mol. The largest absolute Gasteiger partial charge is 0.375 e. The third kappa shape index (κ3) is 11.5. The molecule has 0 aliphatic carbocycles. The molecule has 120 valence electrons. The van der Waals surface area contributed by atoms with E-state index in [2.05, 4.69) is 29.4 Å². The fourth-order valence-electron chi connectivity index (χ4n) is 1.81. The van der Waals surface area contributed by atoms with Gasteiger partial charge in [-0.25, -0.2) is 0 Å². The molecular formula is C16H28IN3O. The van der Waals surface area contributed by atoms with Gasteiger partial charge in [0, 0.05) is 13.1 Å². The van der Waals surface area contributed by atoms with Crippen LogP contribution in [0.4, 0.5) is 0 Å². The van der Waals surface area contributed by atoms with Gasteiger partial charge < -0.3 is 15.8 Å². The quantitative estimate of drug-likeness (QED) is 0.272. The average Bonchev–Trinajstić information content (AvgIpc) is 2.48. The van der Waals surface area contributed by atoms with Crippen molar-refractivity contribution >= 4 is 29.9 Å². The number of nitrogens with one attached hydrogen (secondary N) is 1. The summed E-state index contributed by atoms with van der Waals surface area (Å²) in [6.07, 6.45) is 4.86. The number of nitrogens with two attached hydrogens (primary N) is 1. The molecule has 5 heteroatoms. The van der Waals surface area contributed by atoms with E-state index < -0.39 is 0 Å². The van der Waals surface area contributed by atoms with Gasteiger partial charge in [-0.15, -0.1) is 24.0 Å². The van der Waals surface area contributed by atoms with Crippen LogP contribution in [0.3, 0.4) is 0 Å². The molecule has 4 nitrogen and oxygen atoms in total. The van der Waals surface area contributed by atoms with E-state index >= 15 is 0 Å². The first kappa shape index (κ1) is 20.2. The van der Waals surface area contributed by atoms with Gasteiger partial charge in [0.05, 0.1) is 13.2 Å². The van der Waals surface area contributed by atoms with Crippen LogP contribution < -0.4 is 11.1 Å². The summed E-state index contributed by atoms with van der Waals surface area (Å²) < 4.78 is 5.55. The van der Waals surface area contributed by atoms with E-state index in [1.165, 1.54) is 24.8 Å². The second-order valence-corrected chi connectivity index (χ2v) is 4.79. The molecule has 0 fully saturated rings. The summed E-state index contributed by atoms with van der Waals surface area (Å²) in [6, 6.07) is 10.1. The Labute approximate surface area is 145 Å². The normalized spacial score (nSPS) is 11.0. The molecule has 1 aromatic carbocycles. The van der Waals surface area contributed by atoms with E-state index in [9.17, 15) is 0 Å². The fraction of sp³-hybridized carbons (Fsp3) is 0.562. The first-order valence-electron chi connectivity index (χ1n) is 7.48. The van der Waals surface area contributed by atoms with Crippen molar-refractivity contribution in [3.63, 3.8) is 0 Å². The molecule has 0 atom stereocenters. The molecule has 0 aliphatic rings. The molecule has 0 saturated carbocycles. The molecule has 1 rings (SSSR count). The second kappa shape index (κ2) is 14.1. The Morgan fingerprint density at radius 1 is 1.19 bits per heavy atom. The topological polar surface area (TPSA) is 59.6 Å². The number of hydrogen-bond acceptors (Lipinski definition) is 2. The van der Waals surface area contributed by atoms with Crippen LogP contribution in [-0.2, 0) is 11.3 Å². The van der Waals surface area contributed by atoms with E-state index in [-0.39, 0.29) is 24.0 Å². The summed E-state index contributed by atoms with van der Waals surface area (Å²) in [5.74, 6) is 0.518. The zero-order chi connectivity index (χ0) is 14.5. The number of halogens is 1. The van der Waals surface area contributed by atoms with Crippen LogP contribution in [-0.4, -0.2) is 25.7 Å². The highest BCUT2D eigenvalue weighted by atomic mass is 127. The third-order valence-corrected chi connectivity index (χ3v) is 2.96. The predicted octanol–water partition coefficient (Wildman–Crippen LogP) is 3.31. The fourth-order valence-corrected chi connectivity index (χ4v) is 1.81. The molecule has 0 aliphatic heterocycles. The van der Waals surface area contributed by atoms with Crippen molar-refractivity contribution in [3.05, 3.63) is 35.9 Å². The summed E-state index contributed by atoms with van der Waals surface area (Å²) in [6.45, 7) is 4.97. The predicted molar refractivity (Wildman–Crippen MR) is 100 cm³/mol. The Kier molecular flexibility index (Phi) is 13.6. The highest BCUT2D eigenvalue weighted by Gasteiger charge is 1.94. The van der Waals surface area contributed by atoms with Gasteiger partial charge in [-0.2, -0.15) is 0 Å². The number of guanidine groups is 1. The molecule has 1 aromatic rings. The minimum Gasteiger partial charge on any atom is -0.375 e.